The van der Waals surface area contributed by atoms with Crippen molar-refractivity contribution in [3.63, 3.8) is 0 Å². The molecule has 0 amide bonds. The van der Waals surface area contributed by atoms with E-state index in [9.17, 15) is 4.79 Å². The first-order valence-electron chi connectivity index (χ1n) is 10.0. The summed E-state index contributed by atoms with van der Waals surface area (Å²) in [4.78, 5) is 15.9. The standard InChI is InChI=1S/C23H32N2O2/c1-15-21(18-9-17(27-6)7-8-19(18)24(15)5)20(26)12-25-14-23(4)11-16(25)10-22(2,3)13-23/h7-9,16H,10-14H2,1-6H3/t16-,23+/m1/s1. The summed E-state index contributed by atoms with van der Waals surface area (Å²) in [5.41, 5.74) is 3.71. The average molecular weight is 369 g/mol. The third-order valence-electron chi connectivity index (χ3n) is 6.85. The lowest BCUT2D eigenvalue weighted by atomic mass is 9.65. The van der Waals surface area contributed by atoms with E-state index >= 15 is 0 Å². The van der Waals surface area contributed by atoms with E-state index in [4.69, 9.17) is 4.74 Å². The van der Waals surface area contributed by atoms with Gasteiger partial charge >= 0.3 is 0 Å². The minimum Gasteiger partial charge on any atom is -0.497 e. The molecular weight excluding hydrogens is 336 g/mol. The minimum atomic E-state index is 0.236. The Kier molecular flexibility index (Phi) is 4.19. The quantitative estimate of drug-likeness (QED) is 0.741. The molecule has 0 unspecified atom stereocenters. The highest BCUT2D eigenvalue weighted by molar-refractivity contribution is 6.10. The summed E-state index contributed by atoms with van der Waals surface area (Å²) in [6, 6.07) is 6.54. The van der Waals surface area contributed by atoms with Crippen molar-refractivity contribution >= 4 is 16.7 Å². The molecule has 4 nitrogen and oxygen atoms in total. The molecule has 1 aliphatic heterocycles. The highest BCUT2D eigenvalue weighted by atomic mass is 16.5. The van der Waals surface area contributed by atoms with Crippen LogP contribution in [0.1, 0.15) is 56.1 Å². The molecule has 2 fully saturated rings. The van der Waals surface area contributed by atoms with Crippen molar-refractivity contribution in [1.82, 2.24) is 9.47 Å². The second kappa shape index (κ2) is 6.10. The number of carbonyl (C=O) groups excluding carboxylic acids is 1. The molecule has 1 saturated carbocycles. The molecule has 2 aromatic rings. The molecule has 2 heterocycles. The molecule has 1 saturated heterocycles. The van der Waals surface area contributed by atoms with Crippen molar-refractivity contribution in [3.05, 3.63) is 29.5 Å². The largest absolute Gasteiger partial charge is 0.497 e. The number of hydrogen-bond donors (Lipinski definition) is 0. The molecule has 4 heteroatoms. The summed E-state index contributed by atoms with van der Waals surface area (Å²) in [6.07, 6.45) is 3.68. The van der Waals surface area contributed by atoms with Crippen molar-refractivity contribution < 1.29 is 9.53 Å². The van der Waals surface area contributed by atoms with Gasteiger partial charge in [-0.25, -0.2) is 0 Å². The Morgan fingerprint density at radius 3 is 2.70 bits per heavy atom. The van der Waals surface area contributed by atoms with Gasteiger partial charge < -0.3 is 9.30 Å². The zero-order valence-electron chi connectivity index (χ0n) is 17.6. The number of nitrogens with zero attached hydrogens (tertiary/aromatic N) is 2. The number of hydrogen-bond acceptors (Lipinski definition) is 3. The van der Waals surface area contributed by atoms with Gasteiger partial charge in [-0.05, 0) is 55.2 Å². The third-order valence-corrected chi connectivity index (χ3v) is 6.85. The van der Waals surface area contributed by atoms with Crippen LogP contribution in [-0.4, -0.2) is 41.5 Å². The van der Waals surface area contributed by atoms with Crippen LogP contribution in [0.4, 0.5) is 0 Å². The number of ether oxygens (including phenoxy) is 1. The highest BCUT2D eigenvalue weighted by Gasteiger charge is 2.49. The maximum absolute atomic E-state index is 13.4. The van der Waals surface area contributed by atoms with Crippen molar-refractivity contribution in [1.29, 1.82) is 0 Å². The van der Waals surface area contributed by atoms with Crippen LogP contribution in [0.2, 0.25) is 0 Å². The van der Waals surface area contributed by atoms with Gasteiger partial charge in [0.15, 0.2) is 5.78 Å². The second-order valence-electron chi connectivity index (χ2n) is 9.94. The van der Waals surface area contributed by atoms with Crippen molar-refractivity contribution in [2.45, 2.75) is 53.0 Å². The molecule has 0 spiro atoms. The van der Waals surface area contributed by atoms with Crippen LogP contribution in [0, 0.1) is 17.8 Å². The van der Waals surface area contributed by atoms with E-state index in [1.807, 2.05) is 32.2 Å². The van der Waals surface area contributed by atoms with Crippen LogP contribution in [0.25, 0.3) is 10.9 Å². The molecule has 2 aliphatic rings. The summed E-state index contributed by atoms with van der Waals surface area (Å²) >= 11 is 0. The van der Waals surface area contributed by atoms with Crippen LogP contribution in [0.3, 0.4) is 0 Å². The first-order valence-corrected chi connectivity index (χ1v) is 10.0. The van der Waals surface area contributed by atoms with Gasteiger partial charge in [0.2, 0.25) is 0 Å². The Labute approximate surface area is 162 Å². The fourth-order valence-electron chi connectivity index (χ4n) is 6.06. The van der Waals surface area contributed by atoms with Crippen LogP contribution in [-0.2, 0) is 7.05 Å². The van der Waals surface area contributed by atoms with Gasteiger partial charge in [0, 0.05) is 41.8 Å². The first-order chi connectivity index (χ1) is 12.6. The Morgan fingerprint density at radius 1 is 1.26 bits per heavy atom. The monoisotopic (exact) mass is 368 g/mol. The van der Waals surface area contributed by atoms with E-state index in [1.54, 1.807) is 7.11 Å². The molecule has 1 aromatic carbocycles. The number of ketones is 1. The maximum Gasteiger partial charge on any atom is 0.179 e. The Balaban J connectivity index is 1.65. The van der Waals surface area contributed by atoms with Gasteiger partial charge in [-0.2, -0.15) is 0 Å². The maximum atomic E-state index is 13.4. The summed E-state index contributed by atoms with van der Waals surface area (Å²) in [6.45, 7) is 10.8. The van der Waals surface area contributed by atoms with E-state index in [0.717, 1.165) is 34.5 Å². The third kappa shape index (κ3) is 3.08. The lowest BCUT2D eigenvalue weighted by Crippen LogP contribution is -2.37. The zero-order valence-corrected chi connectivity index (χ0v) is 17.6. The van der Waals surface area contributed by atoms with E-state index in [2.05, 4.69) is 30.2 Å². The van der Waals surface area contributed by atoms with Crippen molar-refractivity contribution in [2.24, 2.45) is 17.9 Å². The first kappa shape index (κ1) is 18.5. The van der Waals surface area contributed by atoms with Gasteiger partial charge in [0.05, 0.1) is 13.7 Å². The fourth-order valence-corrected chi connectivity index (χ4v) is 6.06. The predicted molar refractivity (Wildman–Crippen MR) is 110 cm³/mol. The number of aromatic nitrogens is 1. The molecule has 27 heavy (non-hydrogen) atoms. The Morgan fingerprint density at radius 2 is 2.00 bits per heavy atom. The van der Waals surface area contributed by atoms with Gasteiger partial charge in [0.25, 0.3) is 0 Å². The van der Waals surface area contributed by atoms with E-state index < -0.39 is 0 Å². The fraction of sp³-hybridized carbons (Fsp3) is 0.609. The van der Waals surface area contributed by atoms with Crippen molar-refractivity contribution in [3.8, 4) is 5.75 Å². The number of aryl methyl sites for hydroxylation is 1. The number of benzene rings is 1. The average Bonchev–Trinajstić information content (AvgIpc) is 2.96. The Bertz CT molecular complexity index is 911. The SMILES string of the molecule is COc1ccc2c(c1)c(C(=O)CN1C[C@@]3(C)C[C@H]1CC(C)(C)C3)c(C)n2C. The number of methoxy groups -OCH3 is 1. The second-order valence-corrected chi connectivity index (χ2v) is 9.94. The smallest absolute Gasteiger partial charge is 0.179 e. The van der Waals surface area contributed by atoms with E-state index in [0.29, 0.717) is 23.4 Å². The molecule has 1 aliphatic carbocycles. The van der Waals surface area contributed by atoms with E-state index in [1.165, 1.54) is 19.3 Å². The number of likely N-dealkylation sites (tertiary alicyclic amines) is 1. The molecule has 4 rings (SSSR count). The van der Waals surface area contributed by atoms with Gasteiger partial charge in [-0.15, -0.1) is 0 Å². The van der Waals surface area contributed by atoms with Gasteiger partial charge in [-0.3, -0.25) is 9.69 Å². The predicted octanol–water partition coefficient (Wildman–Crippen LogP) is 4.58. The summed E-state index contributed by atoms with van der Waals surface area (Å²) < 4.78 is 7.52. The van der Waals surface area contributed by atoms with E-state index in [-0.39, 0.29) is 5.78 Å². The van der Waals surface area contributed by atoms with Crippen LogP contribution in [0.15, 0.2) is 18.2 Å². The van der Waals surface area contributed by atoms with Crippen LogP contribution < -0.4 is 4.74 Å². The molecule has 0 radical (unpaired) electrons. The lowest BCUT2D eigenvalue weighted by Gasteiger charge is -2.39. The summed E-state index contributed by atoms with van der Waals surface area (Å²) in [5.74, 6) is 1.04. The van der Waals surface area contributed by atoms with Gasteiger partial charge in [0.1, 0.15) is 5.75 Å². The normalized spacial score (nSPS) is 27.3. The minimum absolute atomic E-state index is 0.236. The molecule has 0 N–H and O–H groups in total. The summed E-state index contributed by atoms with van der Waals surface area (Å²) in [5, 5.41) is 1.01. The van der Waals surface area contributed by atoms with Gasteiger partial charge in [-0.1, -0.05) is 20.8 Å². The molecule has 2 bridgehead atoms. The number of Topliss-reactive ketones (excluding diaryl/α,β-unsaturated/α-hetero) is 1. The highest BCUT2D eigenvalue weighted by Crippen LogP contribution is 2.52. The molecule has 1 aromatic heterocycles. The molecular formula is C23H32N2O2. The van der Waals surface area contributed by atoms with Crippen molar-refractivity contribution in [2.75, 3.05) is 20.2 Å². The zero-order chi connectivity index (χ0) is 19.6. The van der Waals surface area contributed by atoms with Crippen LogP contribution >= 0.6 is 0 Å². The lowest BCUT2D eigenvalue weighted by molar-refractivity contribution is 0.0900. The van der Waals surface area contributed by atoms with Crippen LogP contribution in [0.5, 0.6) is 5.75 Å². The number of fused-ring (bicyclic) bond motifs is 3. The topological polar surface area (TPSA) is 34.5 Å². The molecule has 146 valence electrons. The number of carbonyl (C=O) groups is 1. The summed E-state index contributed by atoms with van der Waals surface area (Å²) in [7, 11) is 3.71. The number of rotatable bonds is 4. The molecule has 2 atom stereocenters. The Hall–Kier alpha value is -1.81.